The van der Waals surface area contributed by atoms with Crippen molar-refractivity contribution in [3.8, 4) is 17.2 Å². The number of hydrogen-bond donors (Lipinski definition) is 3. The Bertz CT molecular complexity index is 1270. The topological polar surface area (TPSA) is 104 Å². The van der Waals surface area contributed by atoms with Crippen molar-refractivity contribution in [1.82, 2.24) is 0 Å². The van der Waals surface area contributed by atoms with E-state index in [-0.39, 0.29) is 5.75 Å². The number of ether oxygens (including phenoxy) is 1. The first-order chi connectivity index (χ1) is 22.2. The monoisotopic (exact) mass is 688 g/mol. The van der Waals surface area contributed by atoms with Crippen molar-refractivity contribution in [2.24, 2.45) is 0 Å². The lowest BCUT2D eigenvalue weighted by Gasteiger charge is -2.10. The van der Waals surface area contributed by atoms with E-state index in [0.717, 1.165) is 24.8 Å². The molecule has 0 aliphatic rings. The van der Waals surface area contributed by atoms with E-state index in [1.165, 1.54) is 23.3 Å². The number of aliphatic carboxylic acids is 1. The van der Waals surface area contributed by atoms with Crippen LogP contribution in [0.5, 0.6) is 17.2 Å². The van der Waals surface area contributed by atoms with Gasteiger partial charge in [-0.1, -0.05) is 77.9 Å². The Balaban J connectivity index is 0.000000644. The molecule has 0 saturated carbocycles. The number of halogens is 6. The van der Waals surface area contributed by atoms with Crippen molar-refractivity contribution in [2.75, 3.05) is 0 Å². The number of esters is 1. The number of carboxylic acid groups (broad SMARTS) is 1. The first-order valence-electron chi connectivity index (χ1n) is 15.4. The van der Waals surface area contributed by atoms with Gasteiger partial charge in [0.2, 0.25) is 0 Å². The Hall–Kier alpha value is -4.22. The van der Waals surface area contributed by atoms with Crippen LogP contribution in [0.3, 0.4) is 0 Å². The third-order valence-electron chi connectivity index (χ3n) is 7.14. The molecule has 268 valence electrons. The third-order valence-corrected chi connectivity index (χ3v) is 7.14. The summed E-state index contributed by atoms with van der Waals surface area (Å²) >= 11 is 0. The molecule has 0 aliphatic heterocycles. The average Bonchev–Trinajstić information content (AvgIpc) is 3.00. The number of carbonyl (C=O) groups excluding carboxylic acids is 1. The zero-order valence-corrected chi connectivity index (χ0v) is 28.0. The van der Waals surface area contributed by atoms with E-state index >= 15 is 0 Å². The first kappa shape index (κ1) is 43.8. The molecule has 6 nitrogen and oxygen atoms in total. The first-order valence-corrected chi connectivity index (χ1v) is 15.4. The Kier molecular flexibility index (Phi) is 19.7. The molecule has 0 bridgehead atoms. The van der Waals surface area contributed by atoms with E-state index in [0.29, 0.717) is 29.3 Å². The molecular weight excluding hydrogens is 642 g/mol. The maximum Gasteiger partial charge on any atom is 0.399 e. The Morgan fingerprint density at radius 2 is 0.875 bits per heavy atom. The number of alkyl halides is 6. The van der Waals surface area contributed by atoms with Crippen molar-refractivity contribution in [3.05, 3.63) is 89.5 Å². The van der Waals surface area contributed by atoms with Gasteiger partial charge in [-0.3, -0.25) is 9.59 Å². The van der Waals surface area contributed by atoms with Crippen molar-refractivity contribution in [1.29, 1.82) is 0 Å². The number of carboxylic acids is 1. The van der Waals surface area contributed by atoms with Gasteiger partial charge in [0, 0.05) is 0 Å². The van der Waals surface area contributed by atoms with Gasteiger partial charge in [0.25, 0.3) is 0 Å². The van der Waals surface area contributed by atoms with Gasteiger partial charge in [-0.15, -0.1) is 0 Å². The second-order valence-corrected chi connectivity index (χ2v) is 11.1. The molecular formula is C36H46F6O6. The highest BCUT2D eigenvalue weighted by atomic mass is 19.4. The highest BCUT2D eigenvalue weighted by Gasteiger charge is 2.32. The van der Waals surface area contributed by atoms with Gasteiger partial charge in [-0.2, -0.15) is 26.3 Å². The zero-order valence-electron chi connectivity index (χ0n) is 28.0. The van der Waals surface area contributed by atoms with Crippen LogP contribution >= 0.6 is 0 Å². The van der Waals surface area contributed by atoms with Crippen LogP contribution in [-0.4, -0.2) is 39.6 Å². The van der Waals surface area contributed by atoms with Gasteiger partial charge in [0.15, 0.2) is 0 Å². The lowest BCUT2D eigenvalue weighted by atomic mass is 9.99. The molecule has 0 aromatic heterocycles. The lowest BCUT2D eigenvalue weighted by Crippen LogP contribution is -2.19. The van der Waals surface area contributed by atoms with E-state index in [1.54, 1.807) is 36.4 Å². The number of phenolic OH excluding ortho intramolecular Hbond substituents is 2. The third kappa shape index (κ3) is 20.8. The van der Waals surface area contributed by atoms with Crippen LogP contribution in [0, 0.1) is 0 Å². The van der Waals surface area contributed by atoms with Crippen LogP contribution in [0.25, 0.3) is 0 Å². The molecule has 3 aromatic carbocycles. The minimum absolute atomic E-state index is 0.135. The fraction of sp³-hybridized carbons (Fsp3) is 0.444. The maximum absolute atomic E-state index is 11.9. The quantitative estimate of drug-likeness (QED) is 0.117. The number of phenols is 2. The molecule has 0 fully saturated rings. The minimum Gasteiger partial charge on any atom is -0.508 e. The standard InChI is InChI=1S/C13H15F3O2.2C10H14O.C3H3F3O2/c1-3-9(2)10-4-6-11(7-5-10)18-12(17)8-13(14,15)16;2*1-3-8(2)9-4-6-10(11)7-5-9;4-3(5,6)1-2(7)8/h4-7,9H,3,8H2,1-2H3;2*4-8,11H,3H2,1-2H3;1H2,(H,7,8). The minimum atomic E-state index is -4.58. The molecule has 12 heteroatoms. The molecule has 0 saturated heterocycles. The maximum atomic E-state index is 11.9. The number of aromatic hydroxyl groups is 2. The van der Waals surface area contributed by atoms with Gasteiger partial charge < -0.3 is 20.1 Å². The van der Waals surface area contributed by atoms with Crippen LogP contribution in [0.15, 0.2) is 72.8 Å². The van der Waals surface area contributed by atoms with E-state index in [4.69, 9.17) is 15.3 Å². The molecule has 0 amide bonds. The molecule has 3 N–H and O–H groups in total. The molecule has 0 aliphatic carbocycles. The summed E-state index contributed by atoms with van der Waals surface area (Å²) < 4.78 is 73.1. The number of benzene rings is 3. The highest BCUT2D eigenvalue weighted by molar-refractivity contribution is 5.73. The molecule has 0 heterocycles. The Morgan fingerprint density at radius 1 is 0.583 bits per heavy atom. The van der Waals surface area contributed by atoms with Crippen molar-refractivity contribution in [3.63, 3.8) is 0 Å². The van der Waals surface area contributed by atoms with Gasteiger partial charge in [0.1, 0.15) is 30.1 Å². The molecule has 48 heavy (non-hydrogen) atoms. The normalized spacial score (nSPS) is 12.8. The number of hydrogen-bond acceptors (Lipinski definition) is 5. The zero-order chi connectivity index (χ0) is 37.1. The summed E-state index contributed by atoms with van der Waals surface area (Å²) in [7, 11) is 0. The van der Waals surface area contributed by atoms with Crippen molar-refractivity contribution in [2.45, 2.75) is 104 Å². The van der Waals surface area contributed by atoms with Crippen LogP contribution in [0.2, 0.25) is 0 Å². The molecule has 3 rings (SSSR count). The fourth-order valence-corrected chi connectivity index (χ4v) is 3.68. The van der Waals surface area contributed by atoms with E-state index in [1.807, 2.05) is 38.1 Å². The van der Waals surface area contributed by atoms with Crippen LogP contribution in [0.1, 0.15) is 108 Å². The summed E-state index contributed by atoms with van der Waals surface area (Å²) in [6, 6.07) is 21.4. The summed E-state index contributed by atoms with van der Waals surface area (Å²) in [5.74, 6) is -0.766. The summed E-state index contributed by atoms with van der Waals surface area (Å²) in [6.45, 7) is 12.8. The summed E-state index contributed by atoms with van der Waals surface area (Å²) in [5.41, 5.74) is 3.66. The summed E-state index contributed by atoms with van der Waals surface area (Å²) in [6.07, 6.45) is -9.19. The van der Waals surface area contributed by atoms with Crippen LogP contribution < -0.4 is 4.74 Å². The van der Waals surface area contributed by atoms with Gasteiger partial charge in [-0.25, -0.2) is 0 Å². The molecule has 3 atom stereocenters. The Morgan fingerprint density at radius 3 is 1.10 bits per heavy atom. The largest absolute Gasteiger partial charge is 0.508 e. The van der Waals surface area contributed by atoms with Gasteiger partial charge in [-0.05, 0) is 90.1 Å². The second-order valence-electron chi connectivity index (χ2n) is 11.1. The van der Waals surface area contributed by atoms with Crippen LogP contribution in [0.4, 0.5) is 26.3 Å². The lowest BCUT2D eigenvalue weighted by molar-refractivity contribution is -0.167. The number of rotatable bonds is 9. The van der Waals surface area contributed by atoms with Gasteiger partial charge in [0.05, 0.1) is 0 Å². The second kappa shape index (κ2) is 21.6. The summed E-state index contributed by atoms with van der Waals surface area (Å²) in [4.78, 5) is 20.3. The summed E-state index contributed by atoms with van der Waals surface area (Å²) in [5, 5.41) is 25.6. The van der Waals surface area contributed by atoms with E-state index in [2.05, 4.69) is 32.4 Å². The van der Waals surface area contributed by atoms with Gasteiger partial charge >= 0.3 is 24.3 Å². The molecule has 0 radical (unpaired) electrons. The number of carbonyl (C=O) groups is 2. The van der Waals surface area contributed by atoms with Crippen molar-refractivity contribution < 1.29 is 56.0 Å². The Labute approximate surface area is 278 Å². The van der Waals surface area contributed by atoms with Crippen LogP contribution in [-0.2, 0) is 9.59 Å². The highest BCUT2D eigenvalue weighted by Crippen LogP contribution is 2.25. The van der Waals surface area contributed by atoms with E-state index < -0.39 is 37.1 Å². The molecule has 3 aromatic rings. The van der Waals surface area contributed by atoms with Crippen molar-refractivity contribution >= 4 is 11.9 Å². The predicted octanol–water partition coefficient (Wildman–Crippen LogP) is 10.9. The smallest absolute Gasteiger partial charge is 0.399 e. The molecule has 0 spiro atoms. The predicted molar refractivity (Wildman–Crippen MR) is 173 cm³/mol. The average molecular weight is 689 g/mol. The SMILES string of the molecule is CCC(C)c1ccc(O)cc1.CCC(C)c1ccc(O)cc1.CCC(C)c1ccc(OC(=O)CC(F)(F)F)cc1.O=C(O)CC(F)(F)F. The fourth-order valence-electron chi connectivity index (χ4n) is 3.68. The molecule has 3 unspecified atom stereocenters. The van der Waals surface area contributed by atoms with E-state index in [9.17, 15) is 35.9 Å².